The summed E-state index contributed by atoms with van der Waals surface area (Å²) in [4.78, 5) is 28.2. The highest BCUT2D eigenvalue weighted by molar-refractivity contribution is 7.08. The monoisotopic (exact) mass is 315 g/mol. The predicted octanol–water partition coefficient (Wildman–Crippen LogP) is 1.93. The first-order valence-electron chi connectivity index (χ1n) is 7.11. The van der Waals surface area contributed by atoms with E-state index in [-0.39, 0.29) is 11.8 Å². The first-order valence-corrected chi connectivity index (χ1v) is 8.06. The van der Waals surface area contributed by atoms with Gasteiger partial charge < -0.3 is 15.5 Å². The number of amides is 2. The van der Waals surface area contributed by atoms with Crippen molar-refractivity contribution >= 4 is 28.8 Å². The highest BCUT2D eigenvalue weighted by Crippen LogP contribution is 2.14. The van der Waals surface area contributed by atoms with Gasteiger partial charge in [-0.2, -0.15) is 11.3 Å². The molecule has 0 bridgehead atoms. The summed E-state index contributed by atoms with van der Waals surface area (Å²) in [7, 11) is 0. The molecule has 2 aromatic rings. The summed E-state index contributed by atoms with van der Waals surface area (Å²) in [5.41, 5.74) is 7.63. The first-order chi connectivity index (χ1) is 10.6. The number of rotatable bonds is 2. The Balaban J connectivity index is 1.60. The maximum Gasteiger partial charge on any atom is 0.254 e. The van der Waals surface area contributed by atoms with Crippen LogP contribution in [0.1, 0.15) is 20.7 Å². The second-order valence-electron chi connectivity index (χ2n) is 5.22. The summed E-state index contributed by atoms with van der Waals surface area (Å²) < 4.78 is 0. The quantitative estimate of drug-likeness (QED) is 0.861. The van der Waals surface area contributed by atoms with Gasteiger partial charge in [-0.25, -0.2) is 0 Å². The smallest absolute Gasteiger partial charge is 0.254 e. The number of thiophene rings is 1. The van der Waals surface area contributed by atoms with Crippen molar-refractivity contribution in [3.05, 3.63) is 52.2 Å². The van der Waals surface area contributed by atoms with Gasteiger partial charge in [-0.1, -0.05) is 0 Å². The lowest BCUT2D eigenvalue weighted by molar-refractivity contribution is 0.0536. The molecular weight excluding hydrogens is 298 g/mol. The normalized spacial score (nSPS) is 14.9. The fraction of sp³-hybridized carbons (Fsp3) is 0.250. The molecule has 1 fully saturated rings. The van der Waals surface area contributed by atoms with Crippen LogP contribution in [-0.4, -0.2) is 47.8 Å². The van der Waals surface area contributed by atoms with E-state index in [1.165, 1.54) is 11.3 Å². The van der Waals surface area contributed by atoms with E-state index in [1.54, 1.807) is 34.1 Å². The number of hydrogen-bond acceptors (Lipinski definition) is 4. The fourth-order valence-electron chi connectivity index (χ4n) is 2.49. The number of anilines is 1. The van der Waals surface area contributed by atoms with Crippen molar-refractivity contribution in [1.29, 1.82) is 0 Å². The summed E-state index contributed by atoms with van der Waals surface area (Å²) in [6.45, 7) is 2.24. The molecule has 2 N–H and O–H groups in total. The SMILES string of the molecule is Nc1ccc(C(=O)N2CCN(C(=O)c3ccsc3)CC2)cc1. The summed E-state index contributed by atoms with van der Waals surface area (Å²) in [6, 6.07) is 8.76. The first kappa shape index (κ1) is 14.6. The van der Waals surface area contributed by atoms with E-state index in [0.717, 1.165) is 5.56 Å². The standard InChI is InChI=1S/C16H17N3O2S/c17-14-3-1-12(2-4-14)15(20)18-6-8-19(9-7-18)16(21)13-5-10-22-11-13/h1-5,10-11H,6-9,17H2. The van der Waals surface area contributed by atoms with Gasteiger partial charge in [0, 0.05) is 42.8 Å². The summed E-state index contributed by atoms with van der Waals surface area (Å²) >= 11 is 1.51. The molecule has 5 nitrogen and oxygen atoms in total. The minimum Gasteiger partial charge on any atom is -0.399 e. The minimum absolute atomic E-state index is 0.0115. The van der Waals surface area contributed by atoms with Gasteiger partial charge in [0.2, 0.25) is 0 Å². The van der Waals surface area contributed by atoms with Gasteiger partial charge in [-0.05, 0) is 35.7 Å². The lowest BCUT2D eigenvalue weighted by atomic mass is 10.1. The van der Waals surface area contributed by atoms with Gasteiger partial charge in [0.1, 0.15) is 0 Å². The zero-order valence-electron chi connectivity index (χ0n) is 12.1. The predicted molar refractivity (Wildman–Crippen MR) is 87.0 cm³/mol. The Morgan fingerprint density at radius 1 is 0.864 bits per heavy atom. The van der Waals surface area contributed by atoms with Gasteiger partial charge in [0.05, 0.1) is 5.56 Å². The highest BCUT2D eigenvalue weighted by Gasteiger charge is 2.25. The van der Waals surface area contributed by atoms with Crippen molar-refractivity contribution in [1.82, 2.24) is 9.80 Å². The number of hydrogen-bond donors (Lipinski definition) is 1. The van der Waals surface area contributed by atoms with Gasteiger partial charge in [-0.3, -0.25) is 9.59 Å². The van der Waals surface area contributed by atoms with Crippen molar-refractivity contribution in [2.24, 2.45) is 0 Å². The molecule has 1 aromatic carbocycles. The van der Waals surface area contributed by atoms with E-state index in [2.05, 4.69) is 0 Å². The molecule has 3 rings (SSSR count). The maximum atomic E-state index is 12.4. The molecule has 0 radical (unpaired) electrons. The molecule has 2 heterocycles. The van der Waals surface area contributed by atoms with E-state index >= 15 is 0 Å². The summed E-state index contributed by atoms with van der Waals surface area (Å²) in [6.07, 6.45) is 0. The van der Waals surface area contributed by atoms with Crippen LogP contribution in [0.5, 0.6) is 0 Å². The average Bonchev–Trinajstić information content (AvgIpc) is 3.09. The summed E-state index contributed by atoms with van der Waals surface area (Å²) in [5.74, 6) is 0.0310. The van der Waals surface area contributed by atoms with Crippen LogP contribution in [-0.2, 0) is 0 Å². The number of nitrogen functional groups attached to an aromatic ring is 1. The van der Waals surface area contributed by atoms with Gasteiger partial charge >= 0.3 is 0 Å². The average molecular weight is 315 g/mol. The van der Waals surface area contributed by atoms with Crippen LogP contribution in [0.2, 0.25) is 0 Å². The van der Waals surface area contributed by atoms with Crippen LogP contribution in [0.15, 0.2) is 41.1 Å². The van der Waals surface area contributed by atoms with Gasteiger partial charge in [0.15, 0.2) is 0 Å². The zero-order chi connectivity index (χ0) is 15.5. The summed E-state index contributed by atoms with van der Waals surface area (Å²) in [5, 5.41) is 3.75. The molecule has 0 unspecified atom stereocenters. The van der Waals surface area contributed by atoms with E-state index in [9.17, 15) is 9.59 Å². The number of carbonyl (C=O) groups excluding carboxylic acids is 2. The largest absolute Gasteiger partial charge is 0.399 e. The minimum atomic E-state index is -0.0115. The second-order valence-corrected chi connectivity index (χ2v) is 6.00. The van der Waals surface area contributed by atoms with Crippen LogP contribution >= 0.6 is 11.3 Å². The lowest BCUT2D eigenvalue weighted by Gasteiger charge is -2.34. The van der Waals surface area contributed by atoms with E-state index in [4.69, 9.17) is 5.73 Å². The van der Waals surface area contributed by atoms with Gasteiger partial charge in [0.25, 0.3) is 11.8 Å². The number of piperazine rings is 1. The van der Waals surface area contributed by atoms with E-state index in [1.807, 2.05) is 16.8 Å². The van der Waals surface area contributed by atoms with Crippen LogP contribution < -0.4 is 5.73 Å². The molecule has 1 aromatic heterocycles. The molecule has 6 heteroatoms. The maximum absolute atomic E-state index is 12.4. The van der Waals surface area contributed by atoms with Crippen LogP contribution in [0.4, 0.5) is 5.69 Å². The van der Waals surface area contributed by atoms with Crippen LogP contribution in [0, 0.1) is 0 Å². The number of nitrogens with two attached hydrogens (primary N) is 1. The van der Waals surface area contributed by atoms with Crippen molar-refractivity contribution in [3.63, 3.8) is 0 Å². The third kappa shape index (κ3) is 2.96. The lowest BCUT2D eigenvalue weighted by Crippen LogP contribution is -2.50. The number of carbonyl (C=O) groups is 2. The zero-order valence-corrected chi connectivity index (χ0v) is 12.9. The fourth-order valence-corrected chi connectivity index (χ4v) is 3.12. The highest BCUT2D eigenvalue weighted by atomic mass is 32.1. The van der Waals surface area contributed by atoms with Crippen molar-refractivity contribution < 1.29 is 9.59 Å². The molecule has 22 heavy (non-hydrogen) atoms. The topological polar surface area (TPSA) is 66.6 Å². The molecule has 0 atom stereocenters. The number of nitrogens with zero attached hydrogens (tertiary/aromatic N) is 2. The second kappa shape index (κ2) is 6.19. The molecule has 114 valence electrons. The van der Waals surface area contributed by atoms with Crippen molar-refractivity contribution in [2.75, 3.05) is 31.9 Å². The molecule has 0 aliphatic carbocycles. The Morgan fingerprint density at radius 3 is 1.91 bits per heavy atom. The molecule has 2 amide bonds. The van der Waals surface area contributed by atoms with Crippen LogP contribution in [0.25, 0.3) is 0 Å². The van der Waals surface area contributed by atoms with Crippen molar-refractivity contribution in [2.45, 2.75) is 0 Å². The number of benzene rings is 1. The molecule has 1 aliphatic rings. The van der Waals surface area contributed by atoms with Gasteiger partial charge in [-0.15, -0.1) is 0 Å². The van der Waals surface area contributed by atoms with Crippen LogP contribution in [0.3, 0.4) is 0 Å². The molecule has 1 aliphatic heterocycles. The molecular formula is C16H17N3O2S. The third-order valence-electron chi connectivity index (χ3n) is 3.78. The Hall–Kier alpha value is -2.34. The Labute approximate surface area is 132 Å². The third-order valence-corrected chi connectivity index (χ3v) is 4.46. The molecule has 1 saturated heterocycles. The molecule has 0 saturated carbocycles. The molecule has 0 spiro atoms. The van der Waals surface area contributed by atoms with Crippen molar-refractivity contribution in [3.8, 4) is 0 Å². The van der Waals surface area contributed by atoms with E-state index < -0.39 is 0 Å². The Kier molecular flexibility index (Phi) is 4.11. The Bertz CT molecular complexity index is 659. The van der Waals surface area contributed by atoms with E-state index in [0.29, 0.717) is 37.4 Å². The Morgan fingerprint density at radius 2 is 1.41 bits per heavy atom.